The fraction of sp³-hybridized carbons (Fsp3) is 0.400. The van der Waals surface area contributed by atoms with Gasteiger partial charge in [-0.1, -0.05) is 15.9 Å². The topological polar surface area (TPSA) is 9.23 Å². The fourth-order valence-corrected chi connectivity index (χ4v) is 1.23. The van der Waals surface area contributed by atoms with Crippen LogP contribution in [0.3, 0.4) is 0 Å². The standard InChI is InChI=1S/C10H8BrF5O/c11-7-1-3-8(4-2-7)17-6-5-9(12,13)10(14,15)16/h1-4H,5-6H2. The second kappa shape index (κ2) is 5.20. The Labute approximate surface area is 103 Å². The van der Waals surface area contributed by atoms with Crippen LogP contribution in [0.15, 0.2) is 28.7 Å². The van der Waals surface area contributed by atoms with Gasteiger partial charge in [-0.2, -0.15) is 22.0 Å². The molecule has 0 spiro atoms. The van der Waals surface area contributed by atoms with Crippen LogP contribution in [0.25, 0.3) is 0 Å². The summed E-state index contributed by atoms with van der Waals surface area (Å²) in [5.74, 6) is -4.48. The molecule has 1 nitrogen and oxygen atoms in total. The van der Waals surface area contributed by atoms with Crippen molar-refractivity contribution in [3.05, 3.63) is 28.7 Å². The van der Waals surface area contributed by atoms with Gasteiger partial charge in [0.2, 0.25) is 0 Å². The second-order valence-electron chi connectivity index (χ2n) is 3.25. The highest BCUT2D eigenvalue weighted by atomic mass is 79.9. The van der Waals surface area contributed by atoms with E-state index in [1.807, 2.05) is 0 Å². The molecule has 0 saturated carbocycles. The SMILES string of the molecule is FC(F)(F)C(F)(F)CCOc1ccc(Br)cc1. The Bertz CT molecular complexity index is 360. The van der Waals surface area contributed by atoms with Crippen LogP contribution in [0.2, 0.25) is 0 Å². The third-order valence-corrected chi connectivity index (χ3v) is 2.44. The zero-order valence-corrected chi connectivity index (χ0v) is 9.99. The average molecular weight is 319 g/mol. The lowest BCUT2D eigenvalue weighted by molar-refractivity contribution is -0.285. The Morgan fingerprint density at radius 2 is 1.53 bits per heavy atom. The monoisotopic (exact) mass is 318 g/mol. The molecule has 1 aromatic carbocycles. The smallest absolute Gasteiger partial charge is 0.453 e. The average Bonchev–Trinajstić information content (AvgIpc) is 2.19. The molecule has 0 amide bonds. The summed E-state index contributed by atoms with van der Waals surface area (Å²) < 4.78 is 65.9. The van der Waals surface area contributed by atoms with Crippen molar-refractivity contribution < 1.29 is 26.7 Å². The maximum Gasteiger partial charge on any atom is 0.453 e. The minimum atomic E-state index is -5.53. The second-order valence-corrected chi connectivity index (χ2v) is 4.17. The van der Waals surface area contributed by atoms with E-state index in [0.717, 1.165) is 4.47 Å². The van der Waals surface area contributed by atoms with Gasteiger partial charge in [-0.3, -0.25) is 0 Å². The van der Waals surface area contributed by atoms with E-state index in [-0.39, 0.29) is 5.75 Å². The van der Waals surface area contributed by atoms with Crippen LogP contribution < -0.4 is 4.74 Å². The lowest BCUT2D eigenvalue weighted by Crippen LogP contribution is -2.37. The van der Waals surface area contributed by atoms with Gasteiger partial charge >= 0.3 is 12.1 Å². The highest BCUT2D eigenvalue weighted by Crippen LogP contribution is 2.37. The van der Waals surface area contributed by atoms with Crippen LogP contribution >= 0.6 is 15.9 Å². The summed E-state index contributed by atoms with van der Waals surface area (Å²) in [4.78, 5) is 0. The molecular weight excluding hydrogens is 311 g/mol. The van der Waals surface area contributed by atoms with Crippen LogP contribution in [0.1, 0.15) is 6.42 Å². The summed E-state index contributed by atoms with van der Waals surface area (Å²) in [5, 5.41) is 0. The van der Waals surface area contributed by atoms with Crippen LogP contribution in [-0.2, 0) is 0 Å². The van der Waals surface area contributed by atoms with E-state index < -0.39 is 25.1 Å². The molecule has 17 heavy (non-hydrogen) atoms. The summed E-state index contributed by atoms with van der Waals surface area (Å²) in [6.45, 7) is -0.700. The molecule has 0 fully saturated rings. The van der Waals surface area contributed by atoms with Crippen LogP contribution in [0.5, 0.6) is 5.75 Å². The lowest BCUT2D eigenvalue weighted by atomic mass is 10.2. The molecule has 0 bridgehead atoms. The van der Waals surface area contributed by atoms with Crippen molar-refractivity contribution in [3.63, 3.8) is 0 Å². The largest absolute Gasteiger partial charge is 0.493 e. The first-order valence-electron chi connectivity index (χ1n) is 4.55. The maximum atomic E-state index is 12.5. The normalized spacial score (nSPS) is 12.6. The third-order valence-electron chi connectivity index (χ3n) is 1.91. The lowest BCUT2D eigenvalue weighted by Gasteiger charge is -2.19. The zero-order chi connectivity index (χ0) is 13.1. The van der Waals surface area contributed by atoms with E-state index in [1.54, 1.807) is 12.1 Å². The summed E-state index contributed by atoms with van der Waals surface area (Å²) in [7, 11) is 0. The van der Waals surface area contributed by atoms with E-state index in [2.05, 4.69) is 15.9 Å². The molecule has 0 aromatic heterocycles. The molecule has 0 aliphatic rings. The maximum absolute atomic E-state index is 12.5. The van der Waals surface area contributed by atoms with Crippen molar-refractivity contribution in [1.82, 2.24) is 0 Å². The molecule has 1 rings (SSSR count). The summed E-state index contributed by atoms with van der Waals surface area (Å²) in [5.41, 5.74) is 0. The zero-order valence-electron chi connectivity index (χ0n) is 8.40. The Kier molecular flexibility index (Phi) is 4.35. The number of ether oxygens (including phenoxy) is 1. The predicted octanol–water partition coefficient (Wildman–Crippen LogP) is 4.42. The van der Waals surface area contributed by atoms with E-state index in [9.17, 15) is 22.0 Å². The Morgan fingerprint density at radius 1 is 1.00 bits per heavy atom. The van der Waals surface area contributed by atoms with Crippen LogP contribution in [0, 0.1) is 0 Å². The van der Waals surface area contributed by atoms with E-state index in [0.29, 0.717) is 0 Å². The molecule has 0 saturated heterocycles. The summed E-state index contributed by atoms with van der Waals surface area (Å²) in [6.07, 6.45) is -6.93. The van der Waals surface area contributed by atoms with E-state index >= 15 is 0 Å². The van der Waals surface area contributed by atoms with Crippen molar-refractivity contribution in [3.8, 4) is 5.75 Å². The third kappa shape index (κ3) is 4.14. The Morgan fingerprint density at radius 3 is 2.00 bits per heavy atom. The van der Waals surface area contributed by atoms with Crippen LogP contribution in [-0.4, -0.2) is 18.7 Å². The van der Waals surface area contributed by atoms with Crippen molar-refractivity contribution >= 4 is 15.9 Å². The Balaban J connectivity index is 2.45. The van der Waals surface area contributed by atoms with Gasteiger partial charge in [-0.05, 0) is 24.3 Å². The first kappa shape index (κ1) is 14.2. The Hall–Kier alpha value is -0.850. The molecule has 0 heterocycles. The number of alkyl halides is 5. The molecule has 0 aliphatic carbocycles. The molecule has 7 heteroatoms. The van der Waals surface area contributed by atoms with Crippen molar-refractivity contribution in [2.75, 3.05) is 6.61 Å². The molecule has 0 unspecified atom stereocenters. The molecule has 0 atom stereocenters. The first-order valence-corrected chi connectivity index (χ1v) is 5.34. The van der Waals surface area contributed by atoms with Crippen molar-refractivity contribution in [2.45, 2.75) is 18.5 Å². The number of halogens is 6. The quantitative estimate of drug-likeness (QED) is 0.747. The minimum Gasteiger partial charge on any atom is -0.493 e. The number of hydrogen-bond acceptors (Lipinski definition) is 1. The predicted molar refractivity (Wildman–Crippen MR) is 55.3 cm³/mol. The van der Waals surface area contributed by atoms with Gasteiger partial charge in [-0.25, -0.2) is 0 Å². The molecule has 0 radical (unpaired) electrons. The first-order chi connectivity index (χ1) is 7.72. The number of benzene rings is 1. The molecule has 1 aromatic rings. The number of hydrogen-bond donors (Lipinski definition) is 0. The van der Waals surface area contributed by atoms with Crippen molar-refractivity contribution in [2.24, 2.45) is 0 Å². The van der Waals surface area contributed by atoms with Gasteiger partial charge in [0.15, 0.2) is 0 Å². The molecule has 0 N–H and O–H groups in total. The summed E-state index contributed by atoms with van der Waals surface area (Å²) >= 11 is 3.15. The molecule has 96 valence electrons. The van der Waals surface area contributed by atoms with Crippen LogP contribution in [0.4, 0.5) is 22.0 Å². The van der Waals surface area contributed by atoms with Gasteiger partial charge in [0, 0.05) is 4.47 Å². The van der Waals surface area contributed by atoms with E-state index in [1.165, 1.54) is 12.1 Å². The van der Waals surface area contributed by atoms with Gasteiger partial charge in [0.05, 0.1) is 13.0 Å². The van der Waals surface area contributed by atoms with Gasteiger partial charge in [0.25, 0.3) is 0 Å². The van der Waals surface area contributed by atoms with E-state index in [4.69, 9.17) is 4.74 Å². The number of rotatable bonds is 4. The minimum absolute atomic E-state index is 0.242. The van der Waals surface area contributed by atoms with Gasteiger partial charge in [-0.15, -0.1) is 0 Å². The van der Waals surface area contributed by atoms with Gasteiger partial charge < -0.3 is 4.74 Å². The highest BCUT2D eigenvalue weighted by Gasteiger charge is 2.56. The molecule has 0 aliphatic heterocycles. The van der Waals surface area contributed by atoms with Crippen molar-refractivity contribution in [1.29, 1.82) is 0 Å². The van der Waals surface area contributed by atoms with Gasteiger partial charge in [0.1, 0.15) is 5.75 Å². The fourth-order valence-electron chi connectivity index (χ4n) is 0.970. The summed E-state index contributed by atoms with van der Waals surface area (Å²) in [6, 6.07) is 6.13. The molecular formula is C10H8BrF5O. The highest BCUT2D eigenvalue weighted by molar-refractivity contribution is 9.10.